The van der Waals surface area contributed by atoms with Crippen molar-refractivity contribution in [2.45, 2.75) is 39.8 Å². The summed E-state index contributed by atoms with van der Waals surface area (Å²) in [6.45, 7) is 7.77. The summed E-state index contributed by atoms with van der Waals surface area (Å²) in [6, 6.07) is 8.24. The number of aromatic nitrogens is 1. The Labute approximate surface area is 121 Å². The van der Waals surface area contributed by atoms with Crippen LogP contribution in [-0.4, -0.2) is 22.7 Å². The summed E-state index contributed by atoms with van der Waals surface area (Å²) in [5.74, 6) is 0. The molecule has 2 aromatic rings. The highest BCUT2D eigenvalue weighted by Crippen LogP contribution is 2.20. The van der Waals surface area contributed by atoms with E-state index in [1.54, 1.807) is 0 Å². The standard InChI is InChI=1S/C17H24N2O/c1-17(2,3)8-15(20)12-19-11-14-10-18-9-13-6-4-5-7-16(13)14/h4-7,9-10,15,19-20H,8,11-12H2,1-3H3. The molecule has 20 heavy (non-hydrogen) atoms. The van der Waals surface area contributed by atoms with E-state index >= 15 is 0 Å². The van der Waals surface area contributed by atoms with Crippen LogP contribution < -0.4 is 5.32 Å². The summed E-state index contributed by atoms with van der Waals surface area (Å²) < 4.78 is 0. The summed E-state index contributed by atoms with van der Waals surface area (Å²) in [5.41, 5.74) is 1.33. The molecule has 2 rings (SSSR count). The number of benzene rings is 1. The van der Waals surface area contributed by atoms with Crippen LogP contribution >= 0.6 is 0 Å². The smallest absolute Gasteiger partial charge is 0.0669 e. The molecule has 1 aromatic heterocycles. The van der Waals surface area contributed by atoms with E-state index < -0.39 is 0 Å². The maximum Gasteiger partial charge on any atom is 0.0669 e. The number of hydrogen-bond acceptors (Lipinski definition) is 3. The van der Waals surface area contributed by atoms with Crippen molar-refractivity contribution in [3.63, 3.8) is 0 Å². The largest absolute Gasteiger partial charge is 0.392 e. The van der Waals surface area contributed by atoms with Crippen LogP contribution in [0.5, 0.6) is 0 Å². The van der Waals surface area contributed by atoms with Gasteiger partial charge in [0, 0.05) is 30.9 Å². The Morgan fingerprint density at radius 3 is 2.70 bits per heavy atom. The molecule has 3 heteroatoms. The Morgan fingerprint density at radius 2 is 1.95 bits per heavy atom. The normalized spacial score (nSPS) is 13.6. The number of nitrogens with zero attached hydrogens (tertiary/aromatic N) is 1. The first-order valence-electron chi connectivity index (χ1n) is 7.16. The minimum absolute atomic E-state index is 0.155. The lowest BCUT2D eigenvalue weighted by atomic mass is 9.89. The summed E-state index contributed by atoms with van der Waals surface area (Å²) >= 11 is 0. The van der Waals surface area contributed by atoms with Gasteiger partial charge in [0.25, 0.3) is 0 Å². The second kappa shape index (κ2) is 6.33. The number of aliphatic hydroxyl groups is 1. The SMILES string of the molecule is CC(C)(C)CC(O)CNCc1cncc2ccccc12. The van der Waals surface area contributed by atoms with E-state index in [4.69, 9.17) is 0 Å². The second-order valence-corrected chi connectivity index (χ2v) is 6.57. The van der Waals surface area contributed by atoms with E-state index in [0.29, 0.717) is 6.54 Å². The Morgan fingerprint density at radius 1 is 1.20 bits per heavy atom. The number of nitrogens with one attached hydrogen (secondary N) is 1. The van der Waals surface area contributed by atoms with Crippen molar-refractivity contribution in [2.75, 3.05) is 6.54 Å². The van der Waals surface area contributed by atoms with Gasteiger partial charge in [0.1, 0.15) is 0 Å². The first-order chi connectivity index (χ1) is 9.46. The number of pyridine rings is 1. The average molecular weight is 272 g/mol. The first kappa shape index (κ1) is 14.9. The lowest BCUT2D eigenvalue weighted by Crippen LogP contribution is -2.29. The van der Waals surface area contributed by atoms with E-state index in [2.05, 4.69) is 43.2 Å². The van der Waals surface area contributed by atoms with Crippen molar-refractivity contribution in [3.05, 3.63) is 42.2 Å². The molecule has 0 aliphatic rings. The summed E-state index contributed by atoms with van der Waals surface area (Å²) in [4.78, 5) is 4.27. The number of hydrogen-bond donors (Lipinski definition) is 2. The second-order valence-electron chi connectivity index (χ2n) is 6.57. The zero-order valence-electron chi connectivity index (χ0n) is 12.6. The third-order valence-electron chi connectivity index (χ3n) is 3.29. The zero-order valence-corrected chi connectivity index (χ0v) is 12.6. The third-order valence-corrected chi connectivity index (χ3v) is 3.29. The summed E-state index contributed by atoms with van der Waals surface area (Å²) in [5, 5.41) is 15.7. The minimum atomic E-state index is -0.307. The molecular formula is C17H24N2O. The van der Waals surface area contributed by atoms with Crippen LogP contribution in [0.1, 0.15) is 32.8 Å². The van der Waals surface area contributed by atoms with Crippen molar-refractivity contribution in [2.24, 2.45) is 5.41 Å². The monoisotopic (exact) mass is 272 g/mol. The highest BCUT2D eigenvalue weighted by Gasteiger charge is 2.16. The minimum Gasteiger partial charge on any atom is -0.392 e. The molecule has 0 fully saturated rings. The molecule has 108 valence electrons. The molecule has 3 nitrogen and oxygen atoms in total. The topological polar surface area (TPSA) is 45.1 Å². The molecule has 1 aromatic carbocycles. The van der Waals surface area contributed by atoms with Crippen molar-refractivity contribution in [1.29, 1.82) is 0 Å². The molecule has 0 saturated carbocycles. The van der Waals surface area contributed by atoms with Gasteiger partial charge in [-0.15, -0.1) is 0 Å². The highest BCUT2D eigenvalue weighted by atomic mass is 16.3. The van der Waals surface area contributed by atoms with E-state index in [9.17, 15) is 5.11 Å². The molecule has 0 bridgehead atoms. The van der Waals surface area contributed by atoms with Crippen molar-refractivity contribution < 1.29 is 5.11 Å². The third kappa shape index (κ3) is 4.29. The fourth-order valence-corrected chi connectivity index (χ4v) is 2.47. The maximum absolute atomic E-state index is 10.00. The average Bonchev–Trinajstić information content (AvgIpc) is 2.37. The molecule has 0 radical (unpaired) electrons. The molecule has 1 heterocycles. The van der Waals surface area contributed by atoms with Gasteiger partial charge in [0.2, 0.25) is 0 Å². The number of aliphatic hydroxyl groups excluding tert-OH is 1. The Hall–Kier alpha value is -1.45. The molecule has 0 spiro atoms. The lowest BCUT2D eigenvalue weighted by molar-refractivity contribution is 0.119. The Balaban J connectivity index is 1.93. The molecule has 1 unspecified atom stereocenters. The molecule has 1 atom stereocenters. The van der Waals surface area contributed by atoms with Crippen LogP contribution in [-0.2, 0) is 6.54 Å². The van der Waals surface area contributed by atoms with Gasteiger partial charge in [-0.25, -0.2) is 0 Å². The fraction of sp³-hybridized carbons (Fsp3) is 0.471. The van der Waals surface area contributed by atoms with Gasteiger partial charge in [-0.05, 0) is 22.8 Å². The zero-order chi connectivity index (χ0) is 14.6. The highest BCUT2D eigenvalue weighted by molar-refractivity contribution is 5.84. The Bertz CT molecular complexity index is 555. The van der Waals surface area contributed by atoms with Crippen LogP contribution in [0, 0.1) is 5.41 Å². The van der Waals surface area contributed by atoms with Gasteiger partial charge in [0.15, 0.2) is 0 Å². The quantitative estimate of drug-likeness (QED) is 0.879. The molecule has 0 saturated heterocycles. The van der Waals surface area contributed by atoms with E-state index in [1.165, 1.54) is 10.9 Å². The maximum atomic E-state index is 10.00. The number of fused-ring (bicyclic) bond motifs is 1. The van der Waals surface area contributed by atoms with Crippen LogP contribution in [0.3, 0.4) is 0 Å². The van der Waals surface area contributed by atoms with Crippen LogP contribution in [0.4, 0.5) is 0 Å². The van der Waals surface area contributed by atoms with Crippen LogP contribution in [0.25, 0.3) is 10.8 Å². The molecular weight excluding hydrogens is 248 g/mol. The van der Waals surface area contributed by atoms with Crippen LogP contribution in [0.15, 0.2) is 36.7 Å². The van der Waals surface area contributed by atoms with Crippen molar-refractivity contribution in [1.82, 2.24) is 10.3 Å². The first-order valence-corrected chi connectivity index (χ1v) is 7.16. The predicted molar refractivity (Wildman–Crippen MR) is 83.5 cm³/mol. The fourth-order valence-electron chi connectivity index (χ4n) is 2.47. The van der Waals surface area contributed by atoms with E-state index in [0.717, 1.165) is 18.4 Å². The lowest BCUT2D eigenvalue weighted by Gasteiger charge is -2.22. The molecule has 0 aliphatic heterocycles. The van der Waals surface area contributed by atoms with Crippen LogP contribution in [0.2, 0.25) is 0 Å². The summed E-state index contributed by atoms with van der Waals surface area (Å²) in [6.07, 6.45) is 4.27. The van der Waals surface area contributed by atoms with Gasteiger partial charge in [-0.2, -0.15) is 0 Å². The molecule has 2 N–H and O–H groups in total. The van der Waals surface area contributed by atoms with Crippen molar-refractivity contribution >= 4 is 10.8 Å². The van der Waals surface area contributed by atoms with E-state index in [1.807, 2.05) is 24.5 Å². The predicted octanol–water partition coefficient (Wildman–Crippen LogP) is 3.12. The number of rotatable bonds is 5. The summed E-state index contributed by atoms with van der Waals surface area (Å²) in [7, 11) is 0. The van der Waals surface area contributed by atoms with Gasteiger partial charge in [0.05, 0.1) is 6.10 Å². The van der Waals surface area contributed by atoms with Gasteiger partial charge in [-0.3, -0.25) is 4.98 Å². The molecule has 0 aliphatic carbocycles. The van der Waals surface area contributed by atoms with Crippen molar-refractivity contribution in [3.8, 4) is 0 Å². The van der Waals surface area contributed by atoms with E-state index in [-0.39, 0.29) is 11.5 Å². The van der Waals surface area contributed by atoms with Gasteiger partial charge >= 0.3 is 0 Å². The van der Waals surface area contributed by atoms with Gasteiger partial charge < -0.3 is 10.4 Å². The Kier molecular flexibility index (Phi) is 4.73. The van der Waals surface area contributed by atoms with Gasteiger partial charge in [-0.1, -0.05) is 45.0 Å². The molecule has 0 amide bonds.